The Kier molecular flexibility index (Phi) is 4.25. The Morgan fingerprint density at radius 1 is 1.33 bits per heavy atom. The molecule has 2 aromatic rings. The zero-order valence-corrected chi connectivity index (χ0v) is 18.1. The number of fused-ring (bicyclic) bond motifs is 1. The van der Waals surface area contributed by atoms with Gasteiger partial charge < -0.3 is 19.5 Å². The Bertz CT molecular complexity index is 1150. The van der Waals surface area contributed by atoms with Crippen LogP contribution in [0.15, 0.2) is 11.0 Å². The first-order valence-corrected chi connectivity index (χ1v) is 10.7. The summed E-state index contributed by atoms with van der Waals surface area (Å²) < 4.78 is 17.5. The molecule has 0 radical (unpaired) electrons. The van der Waals surface area contributed by atoms with Gasteiger partial charge in [-0.2, -0.15) is 0 Å². The van der Waals surface area contributed by atoms with Gasteiger partial charge in [-0.1, -0.05) is 11.6 Å². The van der Waals surface area contributed by atoms with Crippen LogP contribution in [0.2, 0.25) is 5.02 Å². The number of carboxylic acids is 1. The number of aromatic nitrogens is 1. The lowest BCUT2D eigenvalue weighted by Gasteiger charge is -2.26. The molecule has 3 fully saturated rings. The number of benzene rings is 1. The maximum Gasteiger partial charge on any atom is 0.341 e. The van der Waals surface area contributed by atoms with Crippen LogP contribution in [-0.2, 0) is 0 Å². The minimum atomic E-state index is -1.31. The molecule has 1 atom stereocenters. The zero-order valence-electron chi connectivity index (χ0n) is 17.3. The first kappa shape index (κ1) is 19.8. The van der Waals surface area contributed by atoms with Crippen molar-refractivity contribution in [2.45, 2.75) is 44.7 Å². The molecule has 5 rings (SSSR count). The molecular weight excluding hydrogens is 409 g/mol. The average Bonchev–Trinajstić information content (AvgIpc) is 3.58. The Labute approximate surface area is 178 Å². The second kappa shape index (κ2) is 6.44. The number of likely N-dealkylation sites (N-methyl/N-ethyl adjacent to an activating group) is 1. The van der Waals surface area contributed by atoms with E-state index in [0.717, 1.165) is 32.2 Å². The average molecular weight is 434 g/mol. The van der Waals surface area contributed by atoms with E-state index < -0.39 is 17.2 Å². The van der Waals surface area contributed by atoms with Crippen LogP contribution >= 0.6 is 11.6 Å². The molecule has 30 heavy (non-hydrogen) atoms. The lowest BCUT2D eigenvalue weighted by Crippen LogP contribution is -2.36. The lowest BCUT2D eigenvalue weighted by atomic mass is 10.0. The van der Waals surface area contributed by atoms with Gasteiger partial charge in [0.05, 0.1) is 21.6 Å². The molecule has 1 saturated heterocycles. The highest BCUT2D eigenvalue weighted by Crippen LogP contribution is 2.56. The number of nitrogens with zero attached hydrogens (tertiary/aromatic N) is 3. The Hall–Kier alpha value is -2.12. The van der Waals surface area contributed by atoms with Crippen LogP contribution in [-0.4, -0.2) is 53.8 Å². The van der Waals surface area contributed by atoms with Crippen LogP contribution in [0.4, 0.5) is 10.1 Å². The summed E-state index contributed by atoms with van der Waals surface area (Å²) in [7, 11) is 4.10. The molecule has 1 aromatic heterocycles. The second-order valence-electron chi connectivity index (χ2n) is 9.36. The molecule has 2 saturated carbocycles. The fourth-order valence-electron chi connectivity index (χ4n) is 5.26. The first-order valence-electron chi connectivity index (χ1n) is 10.4. The van der Waals surface area contributed by atoms with Crippen molar-refractivity contribution >= 4 is 34.2 Å². The van der Waals surface area contributed by atoms with Gasteiger partial charge >= 0.3 is 5.97 Å². The normalized spacial score (nSPS) is 22.5. The number of pyridine rings is 1. The van der Waals surface area contributed by atoms with Crippen LogP contribution in [0.1, 0.15) is 47.6 Å². The Balaban J connectivity index is 1.76. The zero-order chi connectivity index (χ0) is 21.5. The second-order valence-corrected chi connectivity index (χ2v) is 9.74. The van der Waals surface area contributed by atoms with E-state index in [9.17, 15) is 14.7 Å². The van der Waals surface area contributed by atoms with E-state index in [2.05, 4.69) is 19.0 Å². The SMILES string of the molecule is Cc1c(F)c(N2C[C@@H](N(C)C)C3(CC3)C2)c(Cl)c2c1c(=O)c(C(=O)O)cn2C1CC1. The van der Waals surface area contributed by atoms with Gasteiger partial charge in [-0.3, -0.25) is 4.79 Å². The molecule has 1 aromatic carbocycles. The molecule has 0 bridgehead atoms. The summed E-state index contributed by atoms with van der Waals surface area (Å²) in [6.07, 6.45) is 5.38. The minimum Gasteiger partial charge on any atom is -0.477 e. The predicted octanol–water partition coefficient (Wildman–Crippen LogP) is 3.67. The highest BCUT2D eigenvalue weighted by Gasteiger charge is 2.56. The molecule has 3 aliphatic rings. The fraction of sp³-hybridized carbons (Fsp3) is 0.545. The number of aryl methyl sites for hydroxylation is 1. The number of carboxylic acid groups (broad SMARTS) is 1. The van der Waals surface area contributed by atoms with Gasteiger partial charge in [0.1, 0.15) is 5.56 Å². The maximum atomic E-state index is 15.7. The van der Waals surface area contributed by atoms with E-state index in [1.165, 1.54) is 6.20 Å². The number of hydrogen-bond acceptors (Lipinski definition) is 4. The third-order valence-electron chi connectivity index (χ3n) is 7.17. The van der Waals surface area contributed by atoms with E-state index in [1.807, 2.05) is 4.90 Å². The van der Waals surface area contributed by atoms with Gasteiger partial charge in [0.2, 0.25) is 5.43 Å². The van der Waals surface area contributed by atoms with Crippen molar-refractivity contribution in [2.24, 2.45) is 5.41 Å². The number of anilines is 1. The van der Waals surface area contributed by atoms with Crippen molar-refractivity contribution < 1.29 is 14.3 Å². The molecule has 1 aliphatic heterocycles. The summed E-state index contributed by atoms with van der Waals surface area (Å²) in [4.78, 5) is 28.8. The number of aromatic carboxylic acids is 1. The van der Waals surface area contributed by atoms with Gasteiger partial charge in [0.15, 0.2) is 5.82 Å². The first-order chi connectivity index (χ1) is 14.2. The summed E-state index contributed by atoms with van der Waals surface area (Å²) in [5.41, 5.74) is 0.128. The number of hydrogen-bond donors (Lipinski definition) is 1. The van der Waals surface area contributed by atoms with Crippen LogP contribution in [0.25, 0.3) is 10.9 Å². The van der Waals surface area contributed by atoms with Crippen molar-refractivity contribution in [1.82, 2.24) is 9.47 Å². The number of halogens is 2. The largest absolute Gasteiger partial charge is 0.477 e. The third kappa shape index (κ3) is 2.71. The molecule has 1 spiro atoms. The van der Waals surface area contributed by atoms with Gasteiger partial charge in [-0.15, -0.1) is 0 Å². The van der Waals surface area contributed by atoms with E-state index in [0.29, 0.717) is 23.8 Å². The quantitative estimate of drug-likeness (QED) is 0.797. The summed E-state index contributed by atoms with van der Waals surface area (Å²) in [6.45, 7) is 2.96. The van der Waals surface area contributed by atoms with Crippen molar-refractivity contribution in [3.63, 3.8) is 0 Å². The Morgan fingerprint density at radius 2 is 2.00 bits per heavy atom. The minimum absolute atomic E-state index is 0.0811. The van der Waals surface area contributed by atoms with Gasteiger partial charge in [0.25, 0.3) is 0 Å². The maximum absolute atomic E-state index is 15.7. The highest BCUT2D eigenvalue weighted by molar-refractivity contribution is 6.38. The smallest absolute Gasteiger partial charge is 0.341 e. The third-order valence-corrected chi connectivity index (χ3v) is 7.53. The van der Waals surface area contributed by atoms with Crippen LogP contribution < -0.4 is 10.3 Å². The van der Waals surface area contributed by atoms with Crippen molar-refractivity contribution in [3.8, 4) is 0 Å². The van der Waals surface area contributed by atoms with Crippen LogP contribution in [0.5, 0.6) is 0 Å². The summed E-state index contributed by atoms with van der Waals surface area (Å²) >= 11 is 6.82. The number of rotatable bonds is 4. The monoisotopic (exact) mass is 433 g/mol. The van der Waals surface area contributed by atoms with Gasteiger partial charge in [0, 0.05) is 42.3 Å². The van der Waals surface area contributed by atoms with E-state index in [1.54, 1.807) is 11.5 Å². The van der Waals surface area contributed by atoms with E-state index >= 15 is 4.39 Å². The fourth-order valence-corrected chi connectivity index (χ4v) is 5.65. The highest BCUT2D eigenvalue weighted by atomic mass is 35.5. The van der Waals surface area contributed by atoms with Gasteiger partial charge in [-0.05, 0) is 46.7 Å². The molecule has 2 aliphatic carbocycles. The lowest BCUT2D eigenvalue weighted by molar-refractivity contribution is 0.0695. The molecule has 8 heteroatoms. The summed E-state index contributed by atoms with van der Waals surface area (Å²) in [5.74, 6) is -1.83. The van der Waals surface area contributed by atoms with Gasteiger partial charge in [-0.25, -0.2) is 9.18 Å². The molecular formula is C22H25ClFN3O3. The molecule has 0 amide bonds. The standard InChI is InChI=1S/C22H25ClFN3O3/c1-11-15-18(27(12-4-5-12)8-13(20(15)28)21(29)30)16(23)19(17(11)24)26-9-14(25(2)3)22(10-26)6-7-22/h8,12,14H,4-7,9-10H2,1-3H3,(H,29,30)/t14-/m1/s1. The summed E-state index contributed by atoms with van der Waals surface area (Å²) in [5, 5.41) is 9.79. The summed E-state index contributed by atoms with van der Waals surface area (Å²) in [6, 6.07) is 0.410. The topological polar surface area (TPSA) is 65.8 Å². The van der Waals surface area contributed by atoms with Crippen molar-refractivity contribution in [2.75, 3.05) is 32.1 Å². The van der Waals surface area contributed by atoms with E-state index in [4.69, 9.17) is 11.6 Å². The van der Waals surface area contributed by atoms with E-state index in [-0.39, 0.29) is 33.0 Å². The van der Waals surface area contributed by atoms with Crippen molar-refractivity contribution in [1.29, 1.82) is 0 Å². The number of carbonyl (C=O) groups is 1. The molecule has 2 heterocycles. The molecule has 1 N–H and O–H groups in total. The molecule has 160 valence electrons. The predicted molar refractivity (Wildman–Crippen MR) is 114 cm³/mol. The Morgan fingerprint density at radius 3 is 2.50 bits per heavy atom. The van der Waals surface area contributed by atoms with Crippen LogP contribution in [0, 0.1) is 18.2 Å². The molecule has 6 nitrogen and oxygen atoms in total. The molecule has 0 unspecified atom stereocenters. The van der Waals surface area contributed by atoms with Crippen molar-refractivity contribution in [3.05, 3.63) is 38.4 Å². The van der Waals surface area contributed by atoms with Crippen LogP contribution in [0.3, 0.4) is 0 Å².